The van der Waals surface area contributed by atoms with Gasteiger partial charge in [0.1, 0.15) is 5.75 Å². The number of imidazole rings is 1. The molecule has 17 heavy (non-hydrogen) atoms. The Morgan fingerprint density at radius 1 is 1.53 bits per heavy atom. The molecule has 6 heteroatoms. The van der Waals surface area contributed by atoms with Crippen molar-refractivity contribution in [1.29, 1.82) is 0 Å². The van der Waals surface area contributed by atoms with Gasteiger partial charge in [0.15, 0.2) is 0 Å². The van der Waals surface area contributed by atoms with Gasteiger partial charge < -0.3 is 15.5 Å². The Balaban J connectivity index is 2.25. The molecule has 0 fully saturated rings. The maximum Gasteiger partial charge on any atom is 0.260 e. The first kappa shape index (κ1) is 11.0. The fraction of sp³-hybridized carbons (Fsp3) is 0.0909. The van der Waals surface area contributed by atoms with Crippen LogP contribution in [0.5, 0.6) is 5.75 Å². The zero-order valence-electron chi connectivity index (χ0n) is 9.23. The molecular weight excluding hydrogens is 220 g/mol. The number of ether oxygens (including phenoxy) is 1. The molecule has 0 radical (unpaired) electrons. The van der Waals surface area contributed by atoms with Crippen LogP contribution in [0.25, 0.3) is 0 Å². The van der Waals surface area contributed by atoms with Gasteiger partial charge in [0.25, 0.3) is 5.91 Å². The van der Waals surface area contributed by atoms with Gasteiger partial charge in [-0.05, 0) is 12.1 Å². The molecule has 0 unspecified atom stereocenters. The van der Waals surface area contributed by atoms with E-state index in [2.05, 4.69) is 15.3 Å². The van der Waals surface area contributed by atoms with Gasteiger partial charge in [-0.3, -0.25) is 10.1 Å². The van der Waals surface area contributed by atoms with E-state index in [9.17, 15) is 4.79 Å². The number of carbonyl (C=O) groups is 1. The van der Waals surface area contributed by atoms with Crippen molar-refractivity contribution in [2.24, 2.45) is 0 Å². The normalized spacial score (nSPS) is 9.94. The van der Waals surface area contributed by atoms with Gasteiger partial charge in [-0.2, -0.15) is 0 Å². The van der Waals surface area contributed by atoms with Crippen molar-refractivity contribution in [3.63, 3.8) is 0 Å². The summed E-state index contributed by atoms with van der Waals surface area (Å²) in [4.78, 5) is 18.6. The summed E-state index contributed by atoms with van der Waals surface area (Å²) in [5, 5.41) is 2.59. The third-order valence-electron chi connectivity index (χ3n) is 2.26. The maximum absolute atomic E-state index is 11.9. The van der Waals surface area contributed by atoms with E-state index in [1.54, 1.807) is 30.6 Å². The first-order chi connectivity index (χ1) is 8.22. The molecule has 0 bridgehead atoms. The fourth-order valence-corrected chi connectivity index (χ4v) is 1.43. The minimum Gasteiger partial charge on any atom is -0.495 e. The number of benzene rings is 1. The van der Waals surface area contributed by atoms with Crippen LogP contribution in [-0.4, -0.2) is 23.0 Å². The largest absolute Gasteiger partial charge is 0.495 e. The molecule has 4 N–H and O–H groups in total. The number of amides is 1. The number of H-pyrrole nitrogens is 1. The summed E-state index contributed by atoms with van der Waals surface area (Å²) in [5.74, 6) is 0.505. The molecule has 0 aliphatic rings. The first-order valence-corrected chi connectivity index (χ1v) is 4.95. The molecule has 1 heterocycles. The van der Waals surface area contributed by atoms with Gasteiger partial charge in [0.2, 0.25) is 5.95 Å². The number of carbonyl (C=O) groups excluding carboxylic acids is 1. The summed E-state index contributed by atoms with van der Waals surface area (Å²) in [7, 11) is 1.50. The average molecular weight is 232 g/mol. The lowest BCUT2D eigenvalue weighted by atomic mass is 10.1. The molecule has 0 saturated carbocycles. The lowest BCUT2D eigenvalue weighted by Crippen LogP contribution is -2.15. The molecular formula is C11H12N4O2. The number of rotatable bonds is 3. The van der Waals surface area contributed by atoms with E-state index in [1.807, 2.05) is 0 Å². The molecule has 1 amide bonds. The van der Waals surface area contributed by atoms with Crippen molar-refractivity contribution in [2.75, 3.05) is 18.2 Å². The number of aromatic amines is 1. The lowest BCUT2D eigenvalue weighted by molar-refractivity contribution is 0.102. The van der Waals surface area contributed by atoms with Gasteiger partial charge in [-0.1, -0.05) is 6.07 Å². The number of methoxy groups -OCH3 is 1. The van der Waals surface area contributed by atoms with Gasteiger partial charge in [-0.15, -0.1) is 0 Å². The molecule has 88 valence electrons. The van der Waals surface area contributed by atoms with Crippen molar-refractivity contribution in [3.05, 3.63) is 36.2 Å². The number of anilines is 2. The standard InChI is InChI=1S/C11H12N4O2/c1-17-8-4-2-3-7(9(8)12)10(16)15-11-13-5-6-14-11/h2-6H,12H2,1H3,(H2,13,14,15,16). The number of aromatic nitrogens is 2. The molecule has 0 saturated heterocycles. The van der Waals surface area contributed by atoms with Crippen molar-refractivity contribution >= 4 is 17.5 Å². The average Bonchev–Trinajstić information content (AvgIpc) is 2.82. The van der Waals surface area contributed by atoms with Crippen molar-refractivity contribution < 1.29 is 9.53 Å². The summed E-state index contributed by atoms with van der Waals surface area (Å²) in [6, 6.07) is 5.02. The van der Waals surface area contributed by atoms with Crippen LogP contribution in [0.3, 0.4) is 0 Å². The number of hydrogen-bond donors (Lipinski definition) is 3. The highest BCUT2D eigenvalue weighted by molar-refractivity contribution is 6.07. The van der Waals surface area contributed by atoms with E-state index in [1.165, 1.54) is 7.11 Å². The van der Waals surface area contributed by atoms with Crippen molar-refractivity contribution in [3.8, 4) is 5.75 Å². The number of nitrogens with two attached hydrogens (primary N) is 1. The predicted octanol–water partition coefficient (Wildman–Crippen LogP) is 1.25. The molecule has 0 spiro atoms. The van der Waals surface area contributed by atoms with Crippen LogP contribution < -0.4 is 15.8 Å². The predicted molar refractivity (Wildman–Crippen MR) is 63.9 cm³/mol. The maximum atomic E-state index is 11.9. The number of para-hydroxylation sites is 1. The monoisotopic (exact) mass is 232 g/mol. The topological polar surface area (TPSA) is 93.0 Å². The number of nitrogens with one attached hydrogen (secondary N) is 2. The van der Waals surface area contributed by atoms with E-state index < -0.39 is 0 Å². The molecule has 1 aromatic heterocycles. The van der Waals surface area contributed by atoms with E-state index in [4.69, 9.17) is 10.5 Å². The van der Waals surface area contributed by atoms with Crippen LogP contribution in [0.15, 0.2) is 30.6 Å². The van der Waals surface area contributed by atoms with Gasteiger partial charge in [0.05, 0.1) is 18.4 Å². The van der Waals surface area contributed by atoms with Gasteiger partial charge >= 0.3 is 0 Å². The Hall–Kier alpha value is -2.50. The SMILES string of the molecule is COc1cccc(C(=O)Nc2ncc[nH]2)c1N. The van der Waals surface area contributed by atoms with Crippen molar-refractivity contribution in [1.82, 2.24) is 9.97 Å². The third kappa shape index (κ3) is 2.20. The molecule has 2 aromatic rings. The Morgan fingerprint density at radius 2 is 2.35 bits per heavy atom. The molecule has 0 aliphatic heterocycles. The smallest absolute Gasteiger partial charge is 0.260 e. The number of nitrogens with zero attached hydrogens (tertiary/aromatic N) is 1. The zero-order chi connectivity index (χ0) is 12.3. The van der Waals surface area contributed by atoms with Crippen LogP contribution in [0.1, 0.15) is 10.4 Å². The third-order valence-corrected chi connectivity index (χ3v) is 2.26. The quantitative estimate of drug-likeness (QED) is 0.694. The number of hydrogen-bond acceptors (Lipinski definition) is 4. The summed E-state index contributed by atoms with van der Waals surface area (Å²) in [6.07, 6.45) is 3.16. The van der Waals surface area contributed by atoms with Crippen molar-refractivity contribution in [2.45, 2.75) is 0 Å². The molecule has 2 rings (SSSR count). The van der Waals surface area contributed by atoms with E-state index in [-0.39, 0.29) is 5.91 Å². The van der Waals surface area contributed by atoms with E-state index in [0.717, 1.165) is 0 Å². The van der Waals surface area contributed by atoms with Crippen LogP contribution in [-0.2, 0) is 0 Å². The fourth-order valence-electron chi connectivity index (χ4n) is 1.43. The molecule has 1 aromatic carbocycles. The second-order valence-electron chi connectivity index (χ2n) is 3.31. The second kappa shape index (κ2) is 4.56. The summed E-state index contributed by atoms with van der Waals surface area (Å²) in [5.41, 5.74) is 6.46. The second-order valence-corrected chi connectivity index (χ2v) is 3.31. The zero-order valence-corrected chi connectivity index (χ0v) is 9.23. The van der Waals surface area contributed by atoms with Crippen LogP contribution in [0.4, 0.5) is 11.6 Å². The minimum absolute atomic E-state index is 0.305. The van der Waals surface area contributed by atoms with Crippen LogP contribution in [0.2, 0.25) is 0 Å². The highest BCUT2D eigenvalue weighted by Crippen LogP contribution is 2.25. The molecule has 6 nitrogen and oxygen atoms in total. The molecule has 0 atom stereocenters. The van der Waals surface area contributed by atoms with Gasteiger partial charge in [0, 0.05) is 12.4 Å². The Labute approximate surface area is 97.8 Å². The first-order valence-electron chi connectivity index (χ1n) is 4.95. The highest BCUT2D eigenvalue weighted by Gasteiger charge is 2.13. The lowest BCUT2D eigenvalue weighted by Gasteiger charge is -2.09. The summed E-state index contributed by atoms with van der Waals surface area (Å²) in [6.45, 7) is 0. The van der Waals surface area contributed by atoms with Crippen LogP contribution in [0, 0.1) is 0 Å². The Kier molecular flexibility index (Phi) is 2.95. The van der Waals surface area contributed by atoms with Crippen LogP contribution >= 0.6 is 0 Å². The summed E-state index contributed by atoms with van der Waals surface area (Å²) >= 11 is 0. The Morgan fingerprint density at radius 3 is 3.00 bits per heavy atom. The minimum atomic E-state index is -0.337. The van der Waals surface area contributed by atoms with E-state index >= 15 is 0 Å². The molecule has 0 aliphatic carbocycles. The van der Waals surface area contributed by atoms with E-state index in [0.29, 0.717) is 22.9 Å². The summed E-state index contributed by atoms with van der Waals surface area (Å²) < 4.78 is 5.04. The Bertz CT molecular complexity index is 522. The highest BCUT2D eigenvalue weighted by atomic mass is 16.5. The number of nitrogen functional groups attached to an aromatic ring is 1. The van der Waals surface area contributed by atoms with Gasteiger partial charge in [-0.25, -0.2) is 4.98 Å².